The van der Waals surface area contributed by atoms with E-state index in [9.17, 15) is 4.79 Å². The average molecular weight is 444 g/mol. The quantitative estimate of drug-likeness (QED) is 0.572. The number of carbonyl (C=O) groups is 1. The Labute approximate surface area is 185 Å². The second kappa shape index (κ2) is 9.18. The summed E-state index contributed by atoms with van der Waals surface area (Å²) in [7, 11) is 4.00. The summed E-state index contributed by atoms with van der Waals surface area (Å²) in [5, 5.41) is 7.64. The van der Waals surface area contributed by atoms with Crippen LogP contribution in [0.2, 0.25) is 4.34 Å². The molecule has 1 aromatic carbocycles. The summed E-state index contributed by atoms with van der Waals surface area (Å²) in [6.45, 7) is 0.707. The monoisotopic (exact) mass is 443 g/mol. The van der Waals surface area contributed by atoms with E-state index in [1.807, 2.05) is 37.2 Å². The molecule has 0 saturated heterocycles. The van der Waals surface area contributed by atoms with Crippen LogP contribution in [0.5, 0.6) is 0 Å². The van der Waals surface area contributed by atoms with Gasteiger partial charge in [0, 0.05) is 32.1 Å². The third kappa shape index (κ3) is 4.84. The molecule has 2 N–H and O–H groups in total. The third-order valence-electron chi connectivity index (χ3n) is 5.53. The molecule has 30 heavy (non-hydrogen) atoms. The molecule has 2 heterocycles. The highest BCUT2D eigenvalue weighted by Gasteiger charge is 2.23. The fraction of sp³-hybridized carbons (Fsp3) is 0.409. The molecular weight excluding hydrogens is 418 g/mol. The zero-order valence-corrected chi connectivity index (χ0v) is 18.8. The molecule has 0 atom stereocenters. The van der Waals surface area contributed by atoms with Crippen molar-refractivity contribution in [3.05, 3.63) is 45.6 Å². The Hall–Kier alpha value is -2.38. The topological polar surface area (TPSA) is 70.2 Å². The van der Waals surface area contributed by atoms with Gasteiger partial charge in [-0.15, -0.1) is 11.3 Å². The number of para-hydroxylation sites is 1. The predicted octanol–water partition coefficient (Wildman–Crippen LogP) is 4.81. The molecule has 3 aromatic rings. The number of hydrogen-bond donors (Lipinski definition) is 2. The van der Waals surface area contributed by atoms with Crippen molar-refractivity contribution in [2.24, 2.45) is 5.92 Å². The third-order valence-corrected chi connectivity index (χ3v) is 6.76. The van der Waals surface area contributed by atoms with Crippen LogP contribution >= 0.6 is 22.9 Å². The van der Waals surface area contributed by atoms with Gasteiger partial charge >= 0.3 is 0 Å². The lowest BCUT2D eigenvalue weighted by Crippen LogP contribution is -2.34. The van der Waals surface area contributed by atoms with Crippen molar-refractivity contribution in [3.63, 3.8) is 0 Å². The summed E-state index contributed by atoms with van der Waals surface area (Å²) in [5.41, 5.74) is 0.948. The number of benzene rings is 1. The van der Waals surface area contributed by atoms with Gasteiger partial charge in [-0.25, -0.2) is 4.98 Å². The summed E-state index contributed by atoms with van der Waals surface area (Å²) < 4.78 is 0.639. The number of carbonyl (C=O) groups excluding carboxylic acids is 1. The number of nitrogens with zero attached hydrogens (tertiary/aromatic N) is 3. The predicted molar refractivity (Wildman–Crippen MR) is 125 cm³/mol. The molecule has 0 bridgehead atoms. The van der Waals surface area contributed by atoms with Crippen molar-refractivity contribution in [2.75, 3.05) is 30.9 Å². The van der Waals surface area contributed by atoms with Crippen LogP contribution in [0.4, 0.5) is 11.8 Å². The summed E-state index contributed by atoms with van der Waals surface area (Å²) in [5.74, 6) is 2.07. The van der Waals surface area contributed by atoms with E-state index >= 15 is 0 Å². The first-order valence-corrected chi connectivity index (χ1v) is 11.4. The standard InChI is InChI=1S/C22H26ClN5OS/c1-28(2)20-16-5-3-4-6-17(16)26-22(27-20)25-15-9-7-14(8-10-15)13-24-21(29)18-11-12-19(23)30-18/h3-6,11-12,14-15H,7-10,13H2,1-2H3,(H,24,29)(H,25,26,27)/t14-,15+. The smallest absolute Gasteiger partial charge is 0.261 e. The van der Waals surface area contributed by atoms with Crippen LogP contribution in [0.1, 0.15) is 35.4 Å². The lowest BCUT2D eigenvalue weighted by atomic mass is 9.86. The minimum atomic E-state index is -0.0343. The van der Waals surface area contributed by atoms with E-state index in [1.165, 1.54) is 11.3 Å². The van der Waals surface area contributed by atoms with Crippen molar-refractivity contribution in [3.8, 4) is 0 Å². The Balaban J connectivity index is 1.32. The number of nitrogens with one attached hydrogen (secondary N) is 2. The van der Waals surface area contributed by atoms with Gasteiger partial charge in [-0.3, -0.25) is 4.79 Å². The normalized spacial score (nSPS) is 18.9. The van der Waals surface area contributed by atoms with Crippen LogP contribution in [0.15, 0.2) is 36.4 Å². The first-order chi connectivity index (χ1) is 14.5. The zero-order valence-electron chi connectivity index (χ0n) is 17.2. The first kappa shape index (κ1) is 20.9. The Morgan fingerprint density at radius 2 is 1.90 bits per heavy atom. The van der Waals surface area contributed by atoms with Gasteiger partial charge in [0.05, 0.1) is 14.7 Å². The molecule has 1 fully saturated rings. The highest BCUT2D eigenvalue weighted by Crippen LogP contribution is 2.28. The Kier molecular flexibility index (Phi) is 6.39. The molecule has 0 aliphatic heterocycles. The molecule has 1 amide bonds. The van der Waals surface area contributed by atoms with Crippen LogP contribution in [-0.2, 0) is 0 Å². The van der Waals surface area contributed by atoms with E-state index in [2.05, 4.69) is 16.7 Å². The molecule has 8 heteroatoms. The highest BCUT2D eigenvalue weighted by atomic mass is 35.5. The van der Waals surface area contributed by atoms with Gasteiger partial charge in [-0.2, -0.15) is 4.98 Å². The van der Waals surface area contributed by atoms with Gasteiger partial charge in [0.15, 0.2) is 0 Å². The fourth-order valence-corrected chi connectivity index (χ4v) is 4.88. The SMILES string of the molecule is CN(C)c1nc(N[C@H]2CC[C@@H](CNC(=O)c3ccc(Cl)s3)CC2)nc2ccccc12. The number of rotatable bonds is 6. The highest BCUT2D eigenvalue weighted by molar-refractivity contribution is 7.17. The molecule has 1 aliphatic carbocycles. The molecule has 0 unspecified atom stereocenters. The van der Waals surface area contributed by atoms with Crippen LogP contribution in [-0.4, -0.2) is 42.6 Å². The largest absolute Gasteiger partial charge is 0.362 e. The molecule has 1 aliphatic rings. The van der Waals surface area contributed by atoms with Gasteiger partial charge in [-0.1, -0.05) is 23.7 Å². The van der Waals surface area contributed by atoms with E-state index in [1.54, 1.807) is 12.1 Å². The number of amides is 1. The van der Waals surface area contributed by atoms with Crippen molar-refractivity contribution in [2.45, 2.75) is 31.7 Å². The molecule has 158 valence electrons. The Morgan fingerprint density at radius 1 is 1.13 bits per heavy atom. The van der Waals surface area contributed by atoms with E-state index < -0.39 is 0 Å². The summed E-state index contributed by atoms with van der Waals surface area (Å²) >= 11 is 7.23. The van der Waals surface area contributed by atoms with Crippen molar-refractivity contribution in [1.82, 2.24) is 15.3 Å². The van der Waals surface area contributed by atoms with Crippen molar-refractivity contribution < 1.29 is 4.79 Å². The average Bonchev–Trinajstić information content (AvgIpc) is 3.19. The number of thiophene rings is 1. The van der Waals surface area contributed by atoms with Gasteiger partial charge < -0.3 is 15.5 Å². The Bertz CT molecular complexity index is 1030. The van der Waals surface area contributed by atoms with Crippen LogP contribution in [0.25, 0.3) is 10.9 Å². The molecule has 1 saturated carbocycles. The number of halogens is 1. The number of anilines is 2. The maximum atomic E-state index is 12.2. The van der Waals surface area contributed by atoms with Crippen LogP contribution < -0.4 is 15.5 Å². The minimum Gasteiger partial charge on any atom is -0.362 e. The maximum Gasteiger partial charge on any atom is 0.261 e. The Morgan fingerprint density at radius 3 is 2.60 bits per heavy atom. The molecule has 0 radical (unpaired) electrons. The molecule has 4 rings (SSSR count). The van der Waals surface area contributed by atoms with Gasteiger partial charge in [0.1, 0.15) is 5.82 Å². The summed E-state index contributed by atoms with van der Waals surface area (Å²) in [6.07, 6.45) is 4.21. The first-order valence-electron chi connectivity index (χ1n) is 10.2. The van der Waals surface area contributed by atoms with Crippen molar-refractivity contribution >= 4 is 51.5 Å². The lowest BCUT2D eigenvalue weighted by Gasteiger charge is -2.29. The van der Waals surface area contributed by atoms with Gasteiger partial charge in [-0.05, 0) is 55.9 Å². The lowest BCUT2D eigenvalue weighted by molar-refractivity contribution is 0.0947. The second-order valence-electron chi connectivity index (χ2n) is 7.96. The molecule has 6 nitrogen and oxygen atoms in total. The zero-order chi connectivity index (χ0) is 21.1. The van der Waals surface area contributed by atoms with E-state index in [0.717, 1.165) is 42.4 Å². The maximum absolute atomic E-state index is 12.2. The van der Waals surface area contributed by atoms with E-state index in [4.69, 9.17) is 21.6 Å². The second-order valence-corrected chi connectivity index (χ2v) is 9.67. The molecule has 0 spiro atoms. The molecule has 2 aromatic heterocycles. The van der Waals surface area contributed by atoms with Crippen LogP contribution in [0.3, 0.4) is 0 Å². The van der Waals surface area contributed by atoms with Crippen molar-refractivity contribution in [1.29, 1.82) is 0 Å². The van der Waals surface area contributed by atoms with Crippen LogP contribution in [0, 0.1) is 5.92 Å². The number of hydrogen-bond acceptors (Lipinski definition) is 6. The number of aromatic nitrogens is 2. The summed E-state index contributed by atoms with van der Waals surface area (Å²) in [6, 6.07) is 12.0. The summed E-state index contributed by atoms with van der Waals surface area (Å²) in [4.78, 5) is 24.4. The van der Waals surface area contributed by atoms with E-state index in [-0.39, 0.29) is 5.91 Å². The van der Waals surface area contributed by atoms with Gasteiger partial charge in [0.2, 0.25) is 5.95 Å². The molecular formula is C22H26ClN5OS. The van der Waals surface area contributed by atoms with Gasteiger partial charge in [0.25, 0.3) is 5.91 Å². The fourth-order valence-electron chi connectivity index (χ4n) is 3.92. The van der Waals surface area contributed by atoms with E-state index in [0.29, 0.717) is 33.7 Å². The number of fused-ring (bicyclic) bond motifs is 1. The minimum absolute atomic E-state index is 0.0343.